The highest BCUT2D eigenvalue weighted by Crippen LogP contribution is 2.75. The number of hydrogen-bond donors (Lipinski definition) is 1. The number of primary amides is 1. The minimum absolute atomic E-state index is 0.0341. The van der Waals surface area contributed by atoms with Gasteiger partial charge in [0, 0.05) is 16.1 Å². The maximum Gasteiger partial charge on any atom is 0.223 e. The monoisotopic (exact) mass is 551 g/mol. The Morgan fingerprint density at radius 2 is 1.69 bits per heavy atom. The van der Waals surface area contributed by atoms with E-state index in [1.807, 2.05) is 0 Å². The number of thioether (sulfide) groups is 1. The summed E-state index contributed by atoms with van der Waals surface area (Å²) in [6.07, 6.45) is 10.4. The number of carbonyl (C=O) groups excluding carboxylic acids is 1. The third-order valence-corrected chi connectivity index (χ3v) is 13.8. The first-order chi connectivity index (χ1) is 18.2. The Hall–Kier alpha value is -1.62. The van der Waals surface area contributed by atoms with Crippen molar-refractivity contribution in [3.63, 3.8) is 0 Å². The van der Waals surface area contributed by atoms with Gasteiger partial charge in [-0.25, -0.2) is 0 Å². The van der Waals surface area contributed by atoms with Gasteiger partial charge in [0.2, 0.25) is 5.91 Å². The zero-order chi connectivity index (χ0) is 28.2. The molecule has 1 heterocycles. The first-order valence-electron chi connectivity index (χ1n) is 15.3. The van der Waals surface area contributed by atoms with Gasteiger partial charge >= 0.3 is 0 Å². The Balaban J connectivity index is 1.52. The van der Waals surface area contributed by atoms with Gasteiger partial charge in [0.15, 0.2) is 11.5 Å². The second kappa shape index (κ2) is 8.69. The van der Waals surface area contributed by atoms with Gasteiger partial charge in [0.05, 0.1) is 0 Å². The number of benzene rings is 1. The lowest BCUT2D eigenvalue weighted by Crippen LogP contribution is -2.63. The standard InChI is InChI=1S/C34H49NO3S/c1-20(2)39-24-18-25-32(6,22-17-23-28(21(3)27(22)24)38-16-15-37-23)12-14-34(8)26-19-31(5,29(35)36)10-9-30(26,4)11-13-33(25,34)7/h17-18,20,24,26H,9-16,19H2,1-8H3,(H2,35,36)/t24?,26-,30-,31-,32+,33-,34+/m1/s1. The molecule has 214 valence electrons. The molecule has 3 fully saturated rings. The minimum Gasteiger partial charge on any atom is -0.486 e. The molecule has 4 nitrogen and oxygen atoms in total. The van der Waals surface area contributed by atoms with E-state index >= 15 is 0 Å². The molecule has 3 saturated carbocycles. The molecule has 5 aliphatic rings. The summed E-state index contributed by atoms with van der Waals surface area (Å²) in [5, 5.41) is 0.817. The second-order valence-corrected chi connectivity index (χ2v) is 16.8. The molecular formula is C34H49NO3S. The molecule has 0 radical (unpaired) electrons. The number of nitrogens with two attached hydrogens (primary N) is 1. The van der Waals surface area contributed by atoms with E-state index in [0.29, 0.717) is 29.6 Å². The van der Waals surface area contributed by atoms with Gasteiger partial charge in [-0.05, 0) is 102 Å². The van der Waals surface area contributed by atoms with Gasteiger partial charge < -0.3 is 15.2 Å². The van der Waals surface area contributed by atoms with Gasteiger partial charge in [-0.2, -0.15) is 0 Å². The zero-order valence-corrected chi connectivity index (χ0v) is 26.3. The first kappa shape index (κ1) is 27.5. The van der Waals surface area contributed by atoms with Crippen molar-refractivity contribution in [2.24, 2.45) is 33.3 Å². The highest BCUT2D eigenvalue weighted by Gasteiger charge is 2.67. The van der Waals surface area contributed by atoms with Gasteiger partial charge in [-0.15, -0.1) is 11.8 Å². The van der Waals surface area contributed by atoms with E-state index in [1.165, 1.54) is 36.0 Å². The number of ether oxygens (including phenoxy) is 2. The van der Waals surface area contributed by atoms with Crippen LogP contribution in [0.4, 0.5) is 0 Å². The maximum atomic E-state index is 12.7. The van der Waals surface area contributed by atoms with Crippen molar-refractivity contribution in [3.8, 4) is 11.5 Å². The van der Waals surface area contributed by atoms with Crippen molar-refractivity contribution in [1.82, 2.24) is 0 Å². The maximum absolute atomic E-state index is 12.7. The molecule has 0 saturated heterocycles. The Morgan fingerprint density at radius 3 is 2.38 bits per heavy atom. The molecule has 0 aromatic heterocycles. The minimum atomic E-state index is -0.400. The van der Waals surface area contributed by atoms with Crippen molar-refractivity contribution >= 4 is 17.7 Å². The molecular weight excluding hydrogens is 502 g/mol. The summed E-state index contributed by atoms with van der Waals surface area (Å²) in [7, 11) is 0. The number of hydrogen-bond acceptors (Lipinski definition) is 4. The lowest BCUT2D eigenvalue weighted by Gasteiger charge is -2.70. The lowest BCUT2D eigenvalue weighted by molar-refractivity contribution is -0.166. The summed E-state index contributed by atoms with van der Waals surface area (Å²) < 4.78 is 12.4. The highest BCUT2D eigenvalue weighted by atomic mass is 32.2. The molecule has 1 aliphatic heterocycles. The van der Waals surface area contributed by atoms with Gasteiger partial charge in [0.1, 0.15) is 13.2 Å². The Morgan fingerprint density at radius 1 is 1.00 bits per heavy atom. The zero-order valence-electron chi connectivity index (χ0n) is 25.5. The fourth-order valence-corrected chi connectivity index (χ4v) is 11.1. The predicted octanol–water partition coefficient (Wildman–Crippen LogP) is 8.04. The fourth-order valence-electron chi connectivity index (χ4n) is 9.87. The average molecular weight is 552 g/mol. The summed E-state index contributed by atoms with van der Waals surface area (Å²) in [5.41, 5.74) is 11.9. The van der Waals surface area contributed by atoms with Crippen molar-refractivity contribution < 1.29 is 14.3 Å². The van der Waals surface area contributed by atoms with E-state index in [9.17, 15) is 4.79 Å². The van der Waals surface area contributed by atoms with Crippen molar-refractivity contribution in [2.45, 2.75) is 116 Å². The molecule has 1 unspecified atom stereocenters. The highest BCUT2D eigenvalue weighted by molar-refractivity contribution is 8.00. The van der Waals surface area contributed by atoms with E-state index < -0.39 is 5.41 Å². The Kier molecular flexibility index (Phi) is 6.14. The largest absolute Gasteiger partial charge is 0.486 e. The van der Waals surface area contributed by atoms with E-state index in [2.05, 4.69) is 79.3 Å². The molecule has 39 heavy (non-hydrogen) atoms. The van der Waals surface area contributed by atoms with Gasteiger partial charge in [0.25, 0.3) is 0 Å². The number of carbonyl (C=O) groups is 1. The van der Waals surface area contributed by atoms with Crippen LogP contribution in [0, 0.1) is 34.5 Å². The van der Waals surface area contributed by atoms with Crippen LogP contribution >= 0.6 is 11.8 Å². The summed E-state index contributed by atoms with van der Waals surface area (Å²) in [6, 6.07) is 2.35. The number of allylic oxidation sites excluding steroid dienone is 1. The van der Waals surface area contributed by atoms with Crippen LogP contribution in [-0.4, -0.2) is 24.4 Å². The van der Waals surface area contributed by atoms with Crippen LogP contribution in [-0.2, 0) is 10.2 Å². The molecule has 1 aromatic rings. The molecule has 0 spiro atoms. The summed E-state index contributed by atoms with van der Waals surface area (Å²) in [4.78, 5) is 12.7. The van der Waals surface area contributed by atoms with Crippen LogP contribution in [0.2, 0.25) is 0 Å². The van der Waals surface area contributed by atoms with Crippen molar-refractivity contribution in [1.29, 1.82) is 0 Å². The van der Waals surface area contributed by atoms with Crippen LogP contribution in [0.25, 0.3) is 0 Å². The smallest absolute Gasteiger partial charge is 0.223 e. The van der Waals surface area contributed by atoms with E-state index in [-0.39, 0.29) is 27.6 Å². The predicted molar refractivity (Wildman–Crippen MR) is 161 cm³/mol. The average Bonchev–Trinajstić information content (AvgIpc) is 2.88. The van der Waals surface area contributed by atoms with Crippen LogP contribution in [0.5, 0.6) is 11.5 Å². The van der Waals surface area contributed by atoms with Crippen molar-refractivity contribution in [2.75, 3.05) is 13.2 Å². The summed E-state index contributed by atoms with van der Waals surface area (Å²) >= 11 is 2.07. The lowest BCUT2D eigenvalue weighted by atomic mass is 9.34. The quantitative estimate of drug-likeness (QED) is 0.386. The number of amides is 1. The number of fused-ring (bicyclic) bond motifs is 8. The van der Waals surface area contributed by atoms with Gasteiger partial charge in [-0.3, -0.25) is 4.79 Å². The fraction of sp³-hybridized carbons (Fsp3) is 0.735. The van der Waals surface area contributed by atoms with E-state index in [1.54, 1.807) is 5.57 Å². The van der Waals surface area contributed by atoms with Crippen LogP contribution in [0.1, 0.15) is 115 Å². The summed E-state index contributed by atoms with van der Waals surface area (Å²) in [5.74, 6) is 2.25. The molecule has 7 atom stereocenters. The van der Waals surface area contributed by atoms with E-state index in [0.717, 1.165) is 37.2 Å². The molecule has 4 aliphatic carbocycles. The SMILES string of the molecule is Cc1c2c(cc3c1C(SC(C)C)C=C1[C@@]3(C)CC[C@@]3(C)[C@@H]4C[C@](C)(C(N)=O)CC[C@]4(C)CC[C@]13C)OCCO2. The molecule has 0 bridgehead atoms. The van der Waals surface area contributed by atoms with Crippen LogP contribution < -0.4 is 15.2 Å². The molecule has 1 aromatic carbocycles. The first-order valence-corrected chi connectivity index (χ1v) is 16.2. The van der Waals surface area contributed by atoms with Crippen molar-refractivity contribution in [3.05, 3.63) is 34.4 Å². The number of rotatable bonds is 3. The normalized spacial score (nSPS) is 42.5. The third kappa shape index (κ3) is 3.66. The Bertz CT molecular complexity index is 1260. The second-order valence-electron chi connectivity index (χ2n) is 15.1. The van der Waals surface area contributed by atoms with Crippen LogP contribution in [0.3, 0.4) is 0 Å². The molecule has 5 heteroatoms. The van der Waals surface area contributed by atoms with E-state index in [4.69, 9.17) is 15.2 Å². The van der Waals surface area contributed by atoms with Crippen LogP contribution in [0.15, 0.2) is 17.7 Å². The molecule has 1 amide bonds. The molecule has 2 N–H and O–H groups in total. The topological polar surface area (TPSA) is 61.6 Å². The molecule has 6 rings (SSSR count). The third-order valence-electron chi connectivity index (χ3n) is 12.6. The van der Waals surface area contributed by atoms with Gasteiger partial charge in [-0.1, -0.05) is 60.1 Å². The summed E-state index contributed by atoms with van der Waals surface area (Å²) in [6.45, 7) is 20.4. The Labute approximate surface area is 240 Å².